The Balaban J connectivity index is 2.34. The number of carbonyl (C=O) groups excluding carboxylic acids is 1. The molecular weight excluding hydrogens is 324 g/mol. The van der Waals surface area contributed by atoms with E-state index in [1.165, 1.54) is 31.5 Å². The molecule has 0 aliphatic carbocycles. The number of esters is 1. The Bertz CT molecular complexity index is 928. The minimum atomic E-state index is -1.01. The van der Waals surface area contributed by atoms with Gasteiger partial charge < -0.3 is 4.74 Å². The second-order valence-corrected chi connectivity index (χ2v) is 5.22. The van der Waals surface area contributed by atoms with Crippen LogP contribution >= 0.6 is 11.6 Å². The van der Waals surface area contributed by atoms with Crippen molar-refractivity contribution in [2.24, 2.45) is 0 Å². The van der Waals surface area contributed by atoms with E-state index in [0.29, 0.717) is 15.8 Å². The molecule has 0 radical (unpaired) electrons. The van der Waals surface area contributed by atoms with Crippen molar-refractivity contribution in [1.82, 2.24) is 4.98 Å². The average molecular weight is 334 g/mol. The fourth-order valence-corrected chi connectivity index (χ4v) is 2.57. The van der Waals surface area contributed by atoms with E-state index >= 15 is 0 Å². The normalized spacial score (nSPS) is 10.8. The predicted molar refractivity (Wildman–Crippen MR) is 83.4 cm³/mol. The smallest absolute Gasteiger partial charge is 0.337 e. The van der Waals surface area contributed by atoms with Gasteiger partial charge in [0.15, 0.2) is 11.6 Å². The van der Waals surface area contributed by atoms with Gasteiger partial charge in [0, 0.05) is 22.5 Å². The lowest BCUT2D eigenvalue weighted by molar-refractivity contribution is 0.0601. The number of carbonyl (C=O) groups is 1. The summed E-state index contributed by atoms with van der Waals surface area (Å²) in [5.74, 6) is -2.53. The number of hydrogen-bond acceptors (Lipinski definition) is 3. The topological polar surface area (TPSA) is 39.2 Å². The molecule has 1 heterocycles. The maximum absolute atomic E-state index is 14.1. The van der Waals surface area contributed by atoms with E-state index in [1.807, 2.05) is 0 Å². The quantitative estimate of drug-likeness (QED) is 0.642. The van der Waals surface area contributed by atoms with E-state index in [1.54, 1.807) is 12.1 Å². The molecule has 3 aromatic rings. The molecule has 3 rings (SSSR count). The maximum Gasteiger partial charge on any atom is 0.337 e. The van der Waals surface area contributed by atoms with Crippen molar-refractivity contribution in [2.45, 2.75) is 0 Å². The number of halogens is 3. The van der Waals surface area contributed by atoms with Crippen LogP contribution in [0.2, 0.25) is 5.02 Å². The zero-order valence-corrected chi connectivity index (χ0v) is 12.7. The number of methoxy groups -OCH3 is 1. The Morgan fingerprint density at radius 3 is 2.70 bits per heavy atom. The molecule has 1 aromatic heterocycles. The van der Waals surface area contributed by atoms with Crippen LogP contribution in [0.1, 0.15) is 10.4 Å². The van der Waals surface area contributed by atoms with Gasteiger partial charge in [-0.05, 0) is 24.3 Å². The van der Waals surface area contributed by atoms with Crippen molar-refractivity contribution < 1.29 is 18.3 Å². The summed E-state index contributed by atoms with van der Waals surface area (Å²) in [4.78, 5) is 15.8. The molecule has 2 aromatic carbocycles. The van der Waals surface area contributed by atoms with Gasteiger partial charge in [-0.15, -0.1) is 0 Å². The van der Waals surface area contributed by atoms with Crippen molar-refractivity contribution >= 4 is 28.3 Å². The Morgan fingerprint density at radius 2 is 1.96 bits per heavy atom. The van der Waals surface area contributed by atoms with E-state index < -0.39 is 17.6 Å². The summed E-state index contributed by atoms with van der Waals surface area (Å²) in [6.45, 7) is 0. The van der Waals surface area contributed by atoms with Crippen LogP contribution in [0.25, 0.3) is 22.0 Å². The van der Waals surface area contributed by atoms with Gasteiger partial charge in [0.1, 0.15) is 0 Å². The Labute approximate surface area is 135 Å². The third-order valence-electron chi connectivity index (χ3n) is 3.47. The second-order valence-electron chi connectivity index (χ2n) is 4.81. The number of benzene rings is 2. The molecule has 23 heavy (non-hydrogen) atoms. The lowest BCUT2D eigenvalue weighted by atomic mass is 10.0. The van der Waals surface area contributed by atoms with E-state index in [2.05, 4.69) is 9.72 Å². The molecule has 0 bridgehead atoms. The Kier molecular flexibility index (Phi) is 3.96. The fraction of sp³-hybridized carbons (Fsp3) is 0.0588. The van der Waals surface area contributed by atoms with Crippen molar-refractivity contribution in [1.29, 1.82) is 0 Å². The number of nitrogens with zero attached hydrogens (tertiary/aromatic N) is 1. The van der Waals surface area contributed by atoms with Crippen molar-refractivity contribution in [3.63, 3.8) is 0 Å². The van der Waals surface area contributed by atoms with Crippen molar-refractivity contribution in [3.05, 3.63) is 64.8 Å². The molecule has 0 saturated heterocycles. The highest BCUT2D eigenvalue weighted by Crippen LogP contribution is 2.33. The van der Waals surface area contributed by atoms with Gasteiger partial charge in [-0.3, -0.25) is 4.98 Å². The SMILES string of the molecule is COC(=O)c1ccc2c(Cl)cnc(-c3cccc(F)c3F)c2c1. The van der Waals surface area contributed by atoms with Gasteiger partial charge in [-0.2, -0.15) is 0 Å². The third-order valence-corrected chi connectivity index (χ3v) is 3.77. The molecule has 0 saturated carbocycles. The first-order valence-corrected chi connectivity index (χ1v) is 7.01. The van der Waals surface area contributed by atoms with Crippen LogP contribution in [0.3, 0.4) is 0 Å². The highest BCUT2D eigenvalue weighted by atomic mass is 35.5. The Morgan fingerprint density at radius 1 is 1.17 bits per heavy atom. The minimum Gasteiger partial charge on any atom is -0.465 e. The standard InChI is InChI=1S/C17H10ClF2NO2/c1-23-17(22)9-5-6-10-12(7-9)16(21-8-13(10)18)11-3-2-4-14(19)15(11)20/h2-8H,1H3. The lowest BCUT2D eigenvalue weighted by Gasteiger charge is -2.10. The van der Waals surface area contributed by atoms with Gasteiger partial charge >= 0.3 is 5.97 Å². The van der Waals surface area contributed by atoms with Crippen LogP contribution < -0.4 is 0 Å². The van der Waals surface area contributed by atoms with Crippen LogP contribution in [0, 0.1) is 11.6 Å². The molecule has 0 atom stereocenters. The highest BCUT2D eigenvalue weighted by Gasteiger charge is 2.16. The molecule has 0 fully saturated rings. The zero-order chi connectivity index (χ0) is 16.6. The van der Waals surface area contributed by atoms with Gasteiger partial charge in [0.25, 0.3) is 0 Å². The summed E-state index contributed by atoms with van der Waals surface area (Å²) in [5.41, 5.74) is 0.461. The van der Waals surface area contributed by atoms with Gasteiger partial charge in [-0.1, -0.05) is 23.7 Å². The predicted octanol–water partition coefficient (Wildman–Crippen LogP) is 4.62. The summed E-state index contributed by atoms with van der Waals surface area (Å²) >= 11 is 6.11. The first-order valence-electron chi connectivity index (χ1n) is 6.64. The highest BCUT2D eigenvalue weighted by molar-refractivity contribution is 6.35. The van der Waals surface area contributed by atoms with Gasteiger partial charge in [0.2, 0.25) is 0 Å². The zero-order valence-electron chi connectivity index (χ0n) is 11.9. The molecule has 0 aliphatic heterocycles. The monoisotopic (exact) mass is 333 g/mol. The number of aromatic nitrogens is 1. The van der Waals surface area contributed by atoms with Crippen molar-refractivity contribution in [3.8, 4) is 11.3 Å². The van der Waals surface area contributed by atoms with Crippen molar-refractivity contribution in [2.75, 3.05) is 7.11 Å². The molecule has 0 spiro atoms. The summed E-state index contributed by atoms with van der Waals surface area (Å²) in [6.07, 6.45) is 1.36. The third kappa shape index (κ3) is 2.64. The fourth-order valence-electron chi connectivity index (χ4n) is 2.35. The first-order chi connectivity index (χ1) is 11.0. The van der Waals surface area contributed by atoms with Crippen LogP contribution in [0.15, 0.2) is 42.6 Å². The molecule has 0 amide bonds. The Hall–Kier alpha value is -2.53. The summed E-state index contributed by atoms with van der Waals surface area (Å²) in [7, 11) is 1.26. The van der Waals surface area contributed by atoms with E-state index in [9.17, 15) is 13.6 Å². The van der Waals surface area contributed by atoms with Crippen LogP contribution in [0.5, 0.6) is 0 Å². The van der Waals surface area contributed by atoms with Crippen LogP contribution in [0.4, 0.5) is 8.78 Å². The lowest BCUT2D eigenvalue weighted by Crippen LogP contribution is -2.01. The summed E-state index contributed by atoms with van der Waals surface area (Å²) in [5, 5.41) is 1.36. The molecule has 0 N–H and O–H groups in total. The average Bonchev–Trinajstić information content (AvgIpc) is 2.57. The van der Waals surface area contributed by atoms with E-state index in [4.69, 9.17) is 11.6 Å². The molecular formula is C17H10ClF2NO2. The maximum atomic E-state index is 14.1. The number of pyridine rings is 1. The molecule has 116 valence electrons. The number of rotatable bonds is 2. The number of hydrogen-bond donors (Lipinski definition) is 0. The van der Waals surface area contributed by atoms with E-state index in [0.717, 1.165) is 6.07 Å². The minimum absolute atomic E-state index is 0.00585. The summed E-state index contributed by atoms with van der Waals surface area (Å²) in [6, 6.07) is 8.49. The first kappa shape index (κ1) is 15.4. The second kappa shape index (κ2) is 5.93. The molecule has 0 aliphatic rings. The molecule has 3 nitrogen and oxygen atoms in total. The van der Waals surface area contributed by atoms with Crippen LogP contribution in [-0.4, -0.2) is 18.1 Å². The summed E-state index contributed by atoms with van der Waals surface area (Å²) < 4.78 is 32.3. The van der Waals surface area contributed by atoms with Crippen LogP contribution in [-0.2, 0) is 4.74 Å². The number of ether oxygens (including phenoxy) is 1. The largest absolute Gasteiger partial charge is 0.465 e. The number of fused-ring (bicyclic) bond motifs is 1. The molecule has 0 unspecified atom stereocenters. The van der Waals surface area contributed by atoms with Gasteiger partial charge in [0.05, 0.1) is 23.4 Å². The molecule has 6 heteroatoms. The van der Waals surface area contributed by atoms with Gasteiger partial charge in [-0.25, -0.2) is 13.6 Å². The van der Waals surface area contributed by atoms with E-state index in [-0.39, 0.29) is 16.8 Å².